The summed E-state index contributed by atoms with van der Waals surface area (Å²) in [5.41, 5.74) is -0.603. The van der Waals surface area contributed by atoms with Crippen molar-refractivity contribution in [2.24, 2.45) is 0 Å². The van der Waals surface area contributed by atoms with E-state index in [1.807, 2.05) is 0 Å². The number of amides is 1. The first kappa shape index (κ1) is 11.6. The van der Waals surface area contributed by atoms with Gasteiger partial charge in [0.05, 0.1) is 6.54 Å². The van der Waals surface area contributed by atoms with Gasteiger partial charge in [0.1, 0.15) is 5.60 Å². The van der Waals surface area contributed by atoms with Crippen LogP contribution in [0.4, 0.5) is 4.79 Å². The largest absolute Gasteiger partial charge is 0.444 e. The monoisotopic (exact) mass is 187 g/mol. The number of nitrogens with one attached hydrogen (secondary N) is 1. The quantitative estimate of drug-likeness (QED) is 0.508. The van der Waals surface area contributed by atoms with Gasteiger partial charge in [0, 0.05) is 0 Å². The number of rotatable bonds is 3. The van der Waals surface area contributed by atoms with E-state index in [4.69, 9.17) is 4.74 Å². The molecule has 0 radical (unpaired) electrons. The Morgan fingerprint density at radius 3 is 2.31 bits per heavy atom. The van der Waals surface area contributed by atoms with Crippen molar-refractivity contribution in [1.82, 2.24) is 5.32 Å². The predicted molar refractivity (Wildman–Crippen MR) is 45.3 cm³/mol. The van der Waals surface area contributed by atoms with Gasteiger partial charge in [-0.2, -0.15) is 0 Å². The van der Waals surface area contributed by atoms with Crippen LogP contribution in [0.15, 0.2) is 0 Å². The summed E-state index contributed by atoms with van der Waals surface area (Å²) in [6.07, 6.45) is -0.556. The third-order valence-electron chi connectivity index (χ3n) is 0.937. The molecule has 74 valence electrons. The summed E-state index contributed by atoms with van der Waals surface area (Å²) in [6, 6.07) is 0. The molecule has 0 aliphatic carbocycles. The van der Waals surface area contributed by atoms with Crippen LogP contribution in [0.1, 0.15) is 20.8 Å². The number of ether oxygens (including phenoxy) is 1. The molecule has 1 N–H and O–H groups in total. The zero-order valence-corrected chi connectivity index (χ0v) is 7.92. The molecular weight excluding hydrogens is 174 g/mol. The van der Waals surface area contributed by atoms with Gasteiger partial charge >= 0.3 is 6.09 Å². The van der Waals surface area contributed by atoms with E-state index < -0.39 is 17.5 Å². The predicted octanol–water partition coefficient (Wildman–Crippen LogP) is 0.279. The number of hydrogen-bond acceptors (Lipinski definition) is 4. The van der Waals surface area contributed by atoms with E-state index in [2.05, 4.69) is 5.32 Å². The maximum Gasteiger partial charge on any atom is 0.408 e. The molecule has 0 spiro atoms. The summed E-state index contributed by atoms with van der Waals surface area (Å²) in [5, 5.41) is 2.15. The van der Waals surface area contributed by atoms with Crippen LogP contribution in [0.2, 0.25) is 0 Å². The Kier molecular flexibility index (Phi) is 4.10. The van der Waals surface area contributed by atoms with Crippen LogP contribution in [0.5, 0.6) is 0 Å². The number of alkyl carbamates (subject to hydrolysis) is 1. The Balaban J connectivity index is 3.77. The molecule has 0 aromatic heterocycles. The molecule has 0 aromatic carbocycles. The van der Waals surface area contributed by atoms with Crippen molar-refractivity contribution in [2.75, 3.05) is 6.54 Å². The standard InChI is InChI=1S/C8H13NO4/c1-8(2,3)13-7(12)9-4-6(11)5-10/h5H,4H2,1-3H3,(H,9,12). The fraction of sp³-hybridized carbons (Fsp3) is 0.625. The molecule has 5 heteroatoms. The molecule has 5 nitrogen and oxygen atoms in total. The zero-order chi connectivity index (χ0) is 10.5. The molecule has 13 heavy (non-hydrogen) atoms. The number of Topliss-reactive ketones (excluding diaryl/α,β-unsaturated/α-hetero) is 1. The third-order valence-corrected chi connectivity index (χ3v) is 0.937. The smallest absolute Gasteiger partial charge is 0.408 e. The number of aldehydes is 1. The minimum absolute atomic E-state index is 0.150. The topological polar surface area (TPSA) is 72.5 Å². The lowest BCUT2D eigenvalue weighted by molar-refractivity contribution is -0.129. The normalized spacial score (nSPS) is 10.4. The fourth-order valence-electron chi connectivity index (χ4n) is 0.515. The van der Waals surface area contributed by atoms with Gasteiger partial charge in [0.15, 0.2) is 6.29 Å². The first-order valence-corrected chi connectivity index (χ1v) is 3.80. The highest BCUT2D eigenvalue weighted by atomic mass is 16.6. The molecule has 0 fully saturated rings. The first-order valence-electron chi connectivity index (χ1n) is 3.80. The zero-order valence-electron chi connectivity index (χ0n) is 7.92. The summed E-state index contributed by atoms with van der Waals surface area (Å²) in [5.74, 6) is -0.689. The maximum atomic E-state index is 10.9. The Morgan fingerprint density at radius 2 is 1.92 bits per heavy atom. The molecule has 0 saturated heterocycles. The highest BCUT2D eigenvalue weighted by Crippen LogP contribution is 2.05. The molecule has 0 unspecified atom stereocenters. The molecule has 0 aromatic rings. The van der Waals surface area contributed by atoms with Gasteiger partial charge in [-0.05, 0) is 20.8 Å². The average molecular weight is 187 g/mol. The van der Waals surface area contributed by atoms with E-state index in [-0.39, 0.29) is 12.8 Å². The summed E-state index contributed by atoms with van der Waals surface area (Å²) in [6.45, 7) is 4.79. The average Bonchev–Trinajstić information content (AvgIpc) is 1.97. The van der Waals surface area contributed by atoms with E-state index in [1.165, 1.54) is 0 Å². The molecule has 0 rings (SSSR count). The van der Waals surface area contributed by atoms with Gasteiger partial charge in [-0.3, -0.25) is 9.59 Å². The van der Waals surface area contributed by atoms with Crippen molar-refractivity contribution in [3.8, 4) is 0 Å². The van der Waals surface area contributed by atoms with Gasteiger partial charge in [0.25, 0.3) is 0 Å². The van der Waals surface area contributed by atoms with Crippen LogP contribution in [-0.2, 0) is 14.3 Å². The molecule has 1 amide bonds. The van der Waals surface area contributed by atoms with Gasteiger partial charge in [-0.15, -0.1) is 0 Å². The van der Waals surface area contributed by atoms with Crippen LogP contribution >= 0.6 is 0 Å². The lowest BCUT2D eigenvalue weighted by Crippen LogP contribution is -2.35. The van der Waals surface area contributed by atoms with E-state index in [0.717, 1.165) is 0 Å². The Hall–Kier alpha value is -1.39. The van der Waals surface area contributed by atoms with Gasteiger partial charge in [0.2, 0.25) is 5.78 Å². The maximum absolute atomic E-state index is 10.9. The van der Waals surface area contributed by atoms with E-state index in [0.29, 0.717) is 0 Å². The van der Waals surface area contributed by atoms with Crippen molar-refractivity contribution < 1.29 is 19.1 Å². The molecule has 0 heterocycles. The van der Waals surface area contributed by atoms with Crippen LogP contribution in [-0.4, -0.2) is 30.3 Å². The van der Waals surface area contributed by atoms with E-state index >= 15 is 0 Å². The summed E-state index contributed by atoms with van der Waals surface area (Å²) < 4.78 is 4.81. The summed E-state index contributed by atoms with van der Waals surface area (Å²) in [4.78, 5) is 31.2. The van der Waals surface area contributed by atoms with Crippen molar-refractivity contribution >= 4 is 18.2 Å². The molecule has 0 bridgehead atoms. The van der Waals surface area contributed by atoms with Crippen molar-refractivity contribution in [3.05, 3.63) is 0 Å². The van der Waals surface area contributed by atoms with E-state index in [1.54, 1.807) is 20.8 Å². The van der Waals surface area contributed by atoms with Crippen LogP contribution in [0, 0.1) is 0 Å². The minimum atomic E-state index is -0.706. The van der Waals surface area contributed by atoms with Crippen molar-refractivity contribution in [1.29, 1.82) is 0 Å². The molecule has 0 atom stereocenters. The Labute approximate surface area is 76.4 Å². The van der Waals surface area contributed by atoms with Crippen LogP contribution in [0.25, 0.3) is 0 Å². The van der Waals surface area contributed by atoms with Gasteiger partial charge < -0.3 is 10.1 Å². The Morgan fingerprint density at radius 1 is 1.38 bits per heavy atom. The van der Waals surface area contributed by atoms with Crippen molar-refractivity contribution in [2.45, 2.75) is 26.4 Å². The summed E-state index contributed by atoms with van der Waals surface area (Å²) in [7, 11) is 0. The second-order valence-corrected chi connectivity index (χ2v) is 3.44. The molecule has 0 aliphatic heterocycles. The van der Waals surface area contributed by atoms with Gasteiger partial charge in [-0.1, -0.05) is 0 Å². The number of carbonyl (C=O) groups is 3. The second kappa shape index (κ2) is 4.59. The highest BCUT2D eigenvalue weighted by molar-refractivity contribution is 6.26. The lowest BCUT2D eigenvalue weighted by Gasteiger charge is -2.19. The fourth-order valence-corrected chi connectivity index (χ4v) is 0.515. The highest BCUT2D eigenvalue weighted by Gasteiger charge is 2.16. The van der Waals surface area contributed by atoms with Crippen molar-refractivity contribution in [3.63, 3.8) is 0 Å². The SMILES string of the molecule is CC(C)(C)OC(=O)NCC(=O)C=O. The molecular formula is C8H13NO4. The Bertz CT molecular complexity index is 217. The third kappa shape index (κ3) is 6.99. The van der Waals surface area contributed by atoms with E-state index in [9.17, 15) is 14.4 Å². The summed E-state index contributed by atoms with van der Waals surface area (Å²) >= 11 is 0. The minimum Gasteiger partial charge on any atom is -0.444 e. The van der Waals surface area contributed by atoms with Gasteiger partial charge in [-0.25, -0.2) is 4.79 Å². The number of hydrogen-bond donors (Lipinski definition) is 1. The van der Waals surface area contributed by atoms with Crippen LogP contribution in [0.3, 0.4) is 0 Å². The van der Waals surface area contributed by atoms with Crippen LogP contribution < -0.4 is 5.32 Å². The second-order valence-electron chi connectivity index (χ2n) is 3.44. The first-order chi connectivity index (χ1) is 5.85. The molecule has 0 aliphatic rings. The molecule has 0 saturated carbocycles. The lowest BCUT2D eigenvalue weighted by atomic mass is 10.2. The number of ketones is 1. The number of carbonyl (C=O) groups excluding carboxylic acids is 3.